The molecular weight excluding hydrogens is 348 g/mol. The van der Waals surface area contributed by atoms with Gasteiger partial charge in [-0.15, -0.1) is 11.3 Å². The Hall–Kier alpha value is -2.60. The molecule has 0 fully saturated rings. The molecule has 26 heavy (non-hydrogen) atoms. The van der Waals surface area contributed by atoms with Crippen LogP contribution in [0.25, 0.3) is 10.1 Å². The lowest BCUT2D eigenvalue weighted by Crippen LogP contribution is -2.26. The number of amides is 1. The summed E-state index contributed by atoms with van der Waals surface area (Å²) in [7, 11) is 0. The molecule has 3 rings (SSSR count). The summed E-state index contributed by atoms with van der Waals surface area (Å²) in [6, 6.07) is 9.54. The minimum absolute atomic E-state index is 0.113. The number of carbonyl (C=O) groups is 1. The number of nitrogens with one attached hydrogen (secondary N) is 1. The smallest absolute Gasteiger partial charge is 0.260 e. The first-order chi connectivity index (χ1) is 12.5. The van der Waals surface area contributed by atoms with Crippen LogP contribution in [0.1, 0.15) is 34.6 Å². The van der Waals surface area contributed by atoms with Crippen LogP contribution in [0.5, 0.6) is 5.75 Å². The molecule has 0 atom stereocenters. The lowest BCUT2D eigenvalue weighted by molar-refractivity contribution is 0.0952. The third-order valence-electron chi connectivity index (χ3n) is 4.22. The van der Waals surface area contributed by atoms with Crippen LogP contribution in [-0.2, 0) is 13.1 Å². The molecule has 0 spiro atoms. The Labute approximate surface area is 156 Å². The van der Waals surface area contributed by atoms with Gasteiger partial charge in [0.1, 0.15) is 5.75 Å². The third kappa shape index (κ3) is 3.51. The summed E-state index contributed by atoms with van der Waals surface area (Å²) in [4.78, 5) is 26.3. The fraction of sp³-hybridized carbons (Fsp3) is 0.300. The number of hydrogen-bond acceptors (Lipinski definition) is 4. The molecule has 0 unspecified atom stereocenters. The van der Waals surface area contributed by atoms with Crippen molar-refractivity contribution >= 4 is 27.3 Å². The predicted molar refractivity (Wildman–Crippen MR) is 105 cm³/mol. The fourth-order valence-electron chi connectivity index (χ4n) is 2.97. The Bertz CT molecular complexity index is 1000. The molecule has 0 bridgehead atoms. The van der Waals surface area contributed by atoms with Gasteiger partial charge in [-0.25, -0.2) is 0 Å². The van der Waals surface area contributed by atoms with Gasteiger partial charge in [0, 0.05) is 28.9 Å². The second kappa shape index (κ2) is 7.74. The number of aryl methyl sites for hydroxylation is 2. The molecule has 1 amide bonds. The normalized spacial score (nSPS) is 10.9. The topological polar surface area (TPSA) is 60.3 Å². The second-order valence-corrected chi connectivity index (χ2v) is 7.20. The molecule has 1 aromatic carbocycles. The average Bonchev–Trinajstić information content (AvgIpc) is 2.97. The average molecular weight is 370 g/mol. The highest BCUT2D eigenvalue weighted by Gasteiger charge is 2.19. The van der Waals surface area contributed by atoms with Gasteiger partial charge < -0.3 is 14.6 Å². The van der Waals surface area contributed by atoms with Crippen LogP contribution >= 0.6 is 11.3 Å². The molecule has 0 saturated carbocycles. The number of nitrogens with zero attached hydrogens (tertiary/aromatic N) is 1. The summed E-state index contributed by atoms with van der Waals surface area (Å²) >= 11 is 1.48. The van der Waals surface area contributed by atoms with E-state index >= 15 is 0 Å². The van der Waals surface area contributed by atoms with Gasteiger partial charge in [-0.3, -0.25) is 9.59 Å². The highest BCUT2D eigenvalue weighted by molar-refractivity contribution is 7.19. The fourth-order valence-corrected chi connectivity index (χ4v) is 4.02. The van der Waals surface area contributed by atoms with E-state index in [4.69, 9.17) is 4.74 Å². The maximum absolute atomic E-state index is 12.8. The van der Waals surface area contributed by atoms with Crippen molar-refractivity contribution in [2.75, 3.05) is 6.61 Å². The summed E-state index contributed by atoms with van der Waals surface area (Å²) < 4.78 is 7.96. The molecule has 136 valence electrons. The summed E-state index contributed by atoms with van der Waals surface area (Å²) in [6.45, 7) is 7.28. The van der Waals surface area contributed by atoms with E-state index in [1.807, 2.05) is 51.1 Å². The summed E-state index contributed by atoms with van der Waals surface area (Å²) in [5, 5.41) is 3.44. The SMILES string of the molecule is CCOc1cccc(CNC(=O)c2c(C)sc3ccn(CC)c(=O)c23)c1. The van der Waals surface area contributed by atoms with E-state index in [0.29, 0.717) is 30.6 Å². The summed E-state index contributed by atoms with van der Waals surface area (Å²) in [5.41, 5.74) is 1.32. The lowest BCUT2D eigenvalue weighted by Gasteiger charge is -2.08. The highest BCUT2D eigenvalue weighted by Crippen LogP contribution is 2.28. The number of aromatic nitrogens is 1. The minimum Gasteiger partial charge on any atom is -0.494 e. The van der Waals surface area contributed by atoms with E-state index < -0.39 is 0 Å². The molecule has 0 aliphatic rings. The van der Waals surface area contributed by atoms with Crippen molar-refractivity contribution in [2.24, 2.45) is 0 Å². The largest absolute Gasteiger partial charge is 0.494 e. The number of carbonyl (C=O) groups excluding carboxylic acids is 1. The number of fused-ring (bicyclic) bond motifs is 1. The monoisotopic (exact) mass is 370 g/mol. The van der Waals surface area contributed by atoms with E-state index in [-0.39, 0.29) is 11.5 Å². The molecule has 0 saturated heterocycles. The molecule has 6 heteroatoms. The summed E-state index contributed by atoms with van der Waals surface area (Å²) in [5.74, 6) is 0.559. The van der Waals surface area contributed by atoms with Crippen molar-refractivity contribution in [3.05, 3.63) is 62.9 Å². The van der Waals surface area contributed by atoms with Crippen molar-refractivity contribution in [2.45, 2.75) is 33.9 Å². The first-order valence-electron chi connectivity index (χ1n) is 8.67. The summed E-state index contributed by atoms with van der Waals surface area (Å²) in [6.07, 6.45) is 1.78. The predicted octanol–water partition coefficient (Wildman–Crippen LogP) is 3.72. The van der Waals surface area contributed by atoms with Crippen molar-refractivity contribution in [1.82, 2.24) is 9.88 Å². The van der Waals surface area contributed by atoms with Crippen LogP contribution in [0.4, 0.5) is 0 Å². The van der Waals surface area contributed by atoms with Gasteiger partial charge in [0.15, 0.2) is 0 Å². The van der Waals surface area contributed by atoms with E-state index in [9.17, 15) is 9.59 Å². The van der Waals surface area contributed by atoms with E-state index in [1.165, 1.54) is 11.3 Å². The molecule has 2 aromatic heterocycles. The zero-order chi connectivity index (χ0) is 18.7. The van der Waals surface area contributed by atoms with Crippen molar-refractivity contribution in [3.63, 3.8) is 0 Å². The molecule has 3 aromatic rings. The van der Waals surface area contributed by atoms with E-state index in [1.54, 1.807) is 10.8 Å². The maximum atomic E-state index is 12.8. The molecule has 0 radical (unpaired) electrons. The van der Waals surface area contributed by atoms with Gasteiger partial charge in [-0.2, -0.15) is 0 Å². The van der Waals surface area contributed by atoms with Crippen molar-refractivity contribution in [1.29, 1.82) is 0 Å². The number of pyridine rings is 1. The van der Waals surface area contributed by atoms with Gasteiger partial charge in [0.25, 0.3) is 11.5 Å². The molecular formula is C20H22N2O3S. The molecule has 2 heterocycles. The Morgan fingerprint density at radius 3 is 2.81 bits per heavy atom. The van der Waals surface area contributed by atoms with Crippen LogP contribution < -0.4 is 15.6 Å². The van der Waals surface area contributed by atoms with Crippen LogP contribution in [0.3, 0.4) is 0 Å². The number of rotatable bonds is 6. The first-order valence-corrected chi connectivity index (χ1v) is 9.49. The second-order valence-electron chi connectivity index (χ2n) is 5.94. The highest BCUT2D eigenvalue weighted by atomic mass is 32.1. The zero-order valence-electron chi connectivity index (χ0n) is 15.2. The number of ether oxygens (including phenoxy) is 1. The quantitative estimate of drug-likeness (QED) is 0.719. The van der Waals surface area contributed by atoms with Crippen LogP contribution in [-0.4, -0.2) is 17.1 Å². The van der Waals surface area contributed by atoms with E-state index in [0.717, 1.165) is 20.9 Å². The molecule has 0 aliphatic heterocycles. The van der Waals surface area contributed by atoms with Crippen molar-refractivity contribution < 1.29 is 9.53 Å². The van der Waals surface area contributed by atoms with Gasteiger partial charge in [-0.1, -0.05) is 12.1 Å². The van der Waals surface area contributed by atoms with Crippen LogP contribution in [0, 0.1) is 6.92 Å². The third-order valence-corrected chi connectivity index (χ3v) is 5.29. The van der Waals surface area contributed by atoms with Gasteiger partial charge in [0.05, 0.1) is 17.6 Å². The molecule has 0 aliphatic carbocycles. The molecule has 1 N–H and O–H groups in total. The number of hydrogen-bond donors (Lipinski definition) is 1. The minimum atomic E-state index is -0.221. The number of benzene rings is 1. The van der Waals surface area contributed by atoms with Gasteiger partial charge >= 0.3 is 0 Å². The van der Waals surface area contributed by atoms with Gasteiger partial charge in [-0.05, 0) is 44.5 Å². The number of thiophene rings is 1. The Kier molecular flexibility index (Phi) is 5.42. The van der Waals surface area contributed by atoms with Crippen molar-refractivity contribution in [3.8, 4) is 5.75 Å². The Morgan fingerprint density at radius 2 is 2.08 bits per heavy atom. The Balaban J connectivity index is 1.87. The van der Waals surface area contributed by atoms with Crippen LogP contribution in [0.2, 0.25) is 0 Å². The van der Waals surface area contributed by atoms with E-state index in [2.05, 4.69) is 5.32 Å². The first kappa shape index (κ1) is 18.2. The maximum Gasteiger partial charge on any atom is 0.260 e. The standard InChI is InChI=1S/C20H22N2O3S/c1-4-22-10-9-16-18(20(22)24)17(13(3)26-16)19(23)21-12-14-7-6-8-15(11-14)25-5-2/h6-11H,4-5,12H2,1-3H3,(H,21,23). The van der Waals surface area contributed by atoms with Crippen LogP contribution in [0.15, 0.2) is 41.3 Å². The molecule has 5 nitrogen and oxygen atoms in total. The van der Waals surface area contributed by atoms with Gasteiger partial charge in [0.2, 0.25) is 0 Å². The Morgan fingerprint density at radius 1 is 1.27 bits per heavy atom. The lowest BCUT2D eigenvalue weighted by atomic mass is 10.1. The zero-order valence-corrected chi connectivity index (χ0v) is 16.0.